The Morgan fingerprint density at radius 3 is 1.79 bits per heavy atom. The molecule has 0 aromatic heterocycles. The Labute approximate surface area is 489 Å². The lowest BCUT2D eigenvalue weighted by Gasteiger charge is -2.60. The molecule has 9 aliphatic rings. The molecule has 0 aromatic carbocycles. The average Bonchev–Trinajstić information content (AvgIpc) is 1.36. The Bertz CT molecular complexity index is 2400. The molecule has 5 saturated heterocycles. The van der Waals surface area contributed by atoms with Crippen LogP contribution in [0.15, 0.2) is 23.3 Å². The van der Waals surface area contributed by atoms with Gasteiger partial charge in [0.2, 0.25) is 0 Å². The molecular weight excluding hydrogens is 1140 g/mol. The predicted octanol–water partition coefficient (Wildman–Crippen LogP) is -1.94. The normalized spacial score (nSPS) is 51.6. The van der Waals surface area contributed by atoms with E-state index >= 15 is 0 Å². The summed E-state index contributed by atoms with van der Waals surface area (Å²) in [6.07, 6.45) is -33.0. The summed E-state index contributed by atoms with van der Waals surface area (Å²) in [5.41, 5.74) is 0.501. The molecule has 0 spiro atoms. The maximum absolute atomic E-state index is 12.4. The van der Waals surface area contributed by atoms with Crippen molar-refractivity contribution in [1.82, 2.24) is 0 Å². The van der Waals surface area contributed by atoms with Crippen molar-refractivity contribution < 1.29 is 131 Å². The summed E-state index contributed by atoms with van der Waals surface area (Å²) in [7, 11) is -4.86. The van der Waals surface area contributed by atoms with Crippen molar-refractivity contribution in [3.05, 3.63) is 23.3 Å². The van der Waals surface area contributed by atoms with Crippen LogP contribution in [0, 0.1) is 34.5 Å². The molecule has 3 unspecified atom stereocenters. The van der Waals surface area contributed by atoms with E-state index in [2.05, 4.69) is 26.0 Å². The standard InChI is InChI=1S/C56H92O27S/c1-22(2)10-9-15-56(8,69)34-12-11-28-27-19-31(30-18-26(83-84(70,71)72)13-16-54(30,6)29(27)14-17-55(28,34)7)77-51-45(68)46(37(60)25(5)76-51)80-52-47(81-49-43(66)40(63)35(58)23(3)74-49)39(62)33(21-73-52)79-53-48(42(65)38(61)32(20-57)78-53)82-50-44(67)41(64)36(59)24(4)75-50/h10,14,23-28,30-53,57-69H,9,11-13,15-21H2,1-8H3,(H,70,71,72)/t23-,24-,25-,26+,27?,28?,30?,31+,32-,33-,34+,35-,36-,37-,38-,39+,40+,41+,42+,43-,44-,45-,46+,47-,48-,49+,50+,51+,52+,53+,54-,55+,56+/m1/s1. The molecule has 27 nitrogen and oxygen atoms in total. The predicted molar refractivity (Wildman–Crippen MR) is 285 cm³/mol. The fourth-order valence-electron chi connectivity index (χ4n) is 15.5. The second kappa shape index (κ2) is 26.0. The van der Waals surface area contributed by atoms with Gasteiger partial charge in [0.05, 0.1) is 49.3 Å². The Hall–Kier alpha value is -1.57. The first-order valence-corrected chi connectivity index (χ1v) is 31.0. The Morgan fingerprint density at radius 2 is 1.20 bits per heavy atom. The zero-order valence-electron chi connectivity index (χ0n) is 48.7. The molecule has 33 atom stereocenters. The quantitative estimate of drug-likeness (QED) is 0.0557. The highest BCUT2D eigenvalue weighted by Crippen LogP contribution is 2.67. The molecule has 0 amide bonds. The molecule has 3 saturated carbocycles. The van der Waals surface area contributed by atoms with E-state index in [0.717, 1.165) is 19.3 Å². The summed E-state index contributed by atoms with van der Waals surface area (Å²) in [6, 6.07) is 0. The van der Waals surface area contributed by atoms with E-state index in [1.54, 1.807) is 0 Å². The molecule has 5 aliphatic heterocycles. The van der Waals surface area contributed by atoms with E-state index in [4.69, 9.17) is 51.6 Å². The number of fused-ring (bicyclic) bond motifs is 5. The summed E-state index contributed by atoms with van der Waals surface area (Å²) in [5.74, 6) is -0.471. The summed E-state index contributed by atoms with van der Waals surface area (Å²) < 4.78 is 100. The SMILES string of the molecule is CC(C)=CCC[C@](C)(O)[C@H]1CCC2C3C[C@H](O[C@@H]4O[C@H](C)[C@@H](O)[C@H](O[C@@H]5OC[C@@H](O[C@@H]6O[C@H](CO)[C@@H](O)[C@H](O)[C@H]6O[C@@H]6O[C@H](C)[C@@H](O)[C@H](O)[C@H]6O)[C@H](O)[C@H]5O[C@@H]5O[C@H](C)[C@@H](O)[C@H](O)[C@H]5O)[C@H]4O)C4C[C@@H](OS(=O)(=O)O)CC[C@]4(C)C3=CC[C@@]21C. The van der Waals surface area contributed by atoms with Crippen LogP contribution in [0.3, 0.4) is 0 Å². The van der Waals surface area contributed by atoms with E-state index in [0.29, 0.717) is 32.1 Å². The molecule has 5 heterocycles. The van der Waals surface area contributed by atoms with Crippen molar-refractivity contribution >= 4 is 10.4 Å². The monoisotopic (exact) mass is 1230 g/mol. The minimum atomic E-state index is -4.86. The van der Waals surface area contributed by atoms with Gasteiger partial charge in [-0.3, -0.25) is 4.55 Å². The van der Waals surface area contributed by atoms with E-state index in [9.17, 15) is 79.4 Å². The smallest absolute Gasteiger partial charge is 0.394 e. The number of hydrogen-bond donors (Lipinski definition) is 14. The van der Waals surface area contributed by atoms with Crippen LogP contribution in [0.25, 0.3) is 0 Å². The van der Waals surface area contributed by atoms with Crippen molar-refractivity contribution in [3.8, 4) is 0 Å². The van der Waals surface area contributed by atoms with E-state index in [1.165, 1.54) is 31.9 Å². The van der Waals surface area contributed by atoms with Gasteiger partial charge in [0.1, 0.15) is 97.7 Å². The summed E-state index contributed by atoms with van der Waals surface area (Å²) >= 11 is 0. The maximum Gasteiger partial charge on any atom is 0.397 e. The van der Waals surface area contributed by atoms with E-state index < -0.39 is 200 Å². The lowest BCUT2D eigenvalue weighted by atomic mass is 9.47. The third kappa shape index (κ3) is 13.2. The number of aliphatic hydroxyl groups is 13. The molecule has 28 heteroatoms. The summed E-state index contributed by atoms with van der Waals surface area (Å²) in [6.45, 7) is 13.1. The largest absolute Gasteiger partial charge is 0.397 e. The average molecular weight is 1230 g/mol. The molecule has 4 aliphatic carbocycles. The minimum absolute atomic E-state index is 0.0334. The number of hydrogen-bond acceptors (Lipinski definition) is 26. The molecule has 0 radical (unpaired) electrons. The number of allylic oxidation sites excluding steroid dienone is 4. The number of ether oxygens (including phenoxy) is 10. The topological polar surface area (TPSA) is 419 Å². The highest BCUT2D eigenvalue weighted by molar-refractivity contribution is 7.80. The van der Waals surface area contributed by atoms with Gasteiger partial charge >= 0.3 is 10.4 Å². The minimum Gasteiger partial charge on any atom is -0.394 e. The fourth-order valence-corrected chi connectivity index (χ4v) is 16.1. The van der Waals surface area contributed by atoms with Gasteiger partial charge in [0, 0.05) is 0 Å². The van der Waals surface area contributed by atoms with Gasteiger partial charge in [0.15, 0.2) is 31.5 Å². The van der Waals surface area contributed by atoms with Crippen LogP contribution in [0.5, 0.6) is 0 Å². The summed E-state index contributed by atoms with van der Waals surface area (Å²) in [5, 5.41) is 145. The van der Waals surface area contributed by atoms with Crippen LogP contribution in [0.1, 0.15) is 113 Å². The van der Waals surface area contributed by atoms with Crippen molar-refractivity contribution in [2.45, 2.75) is 278 Å². The van der Waals surface area contributed by atoms with Gasteiger partial charge in [-0.2, -0.15) is 8.42 Å². The van der Waals surface area contributed by atoms with E-state index in [-0.39, 0.29) is 29.6 Å². The first kappa shape index (κ1) is 66.8. The third-order valence-corrected chi connectivity index (χ3v) is 20.8. The van der Waals surface area contributed by atoms with Crippen molar-refractivity contribution in [2.75, 3.05) is 13.2 Å². The van der Waals surface area contributed by atoms with Crippen LogP contribution in [0.4, 0.5) is 0 Å². The zero-order chi connectivity index (χ0) is 61.4. The second-order valence-electron chi connectivity index (χ2n) is 26.2. The van der Waals surface area contributed by atoms with Crippen molar-refractivity contribution in [1.29, 1.82) is 0 Å². The molecule has 9 rings (SSSR count). The molecule has 8 fully saturated rings. The number of rotatable bonds is 17. The van der Waals surface area contributed by atoms with E-state index in [1.807, 2.05) is 20.8 Å². The molecule has 0 bridgehead atoms. The van der Waals surface area contributed by atoms with Gasteiger partial charge in [0.25, 0.3) is 0 Å². The van der Waals surface area contributed by atoms with Crippen LogP contribution < -0.4 is 0 Å². The van der Waals surface area contributed by atoms with Gasteiger partial charge < -0.3 is 114 Å². The second-order valence-corrected chi connectivity index (χ2v) is 27.2. The number of aliphatic hydroxyl groups excluding tert-OH is 12. The van der Waals surface area contributed by atoms with Gasteiger partial charge in [-0.25, -0.2) is 4.18 Å². The van der Waals surface area contributed by atoms with Gasteiger partial charge in [-0.05, 0) is 134 Å². The lowest BCUT2D eigenvalue weighted by Crippen LogP contribution is -2.67. The molecular formula is C56H92O27S. The van der Waals surface area contributed by atoms with Crippen LogP contribution in [-0.4, -0.2) is 258 Å². The van der Waals surface area contributed by atoms with Crippen molar-refractivity contribution in [3.63, 3.8) is 0 Å². The third-order valence-electron chi connectivity index (χ3n) is 20.3. The van der Waals surface area contributed by atoms with Crippen LogP contribution in [0.2, 0.25) is 0 Å². The Kier molecular flexibility index (Phi) is 20.7. The Morgan fingerprint density at radius 1 is 0.643 bits per heavy atom. The van der Waals surface area contributed by atoms with Crippen LogP contribution >= 0.6 is 0 Å². The molecule has 484 valence electrons. The highest BCUT2D eigenvalue weighted by Gasteiger charge is 2.63. The van der Waals surface area contributed by atoms with Crippen LogP contribution in [-0.2, 0) is 62.0 Å². The Balaban J connectivity index is 0.982. The molecule has 0 aromatic rings. The maximum atomic E-state index is 12.4. The lowest BCUT2D eigenvalue weighted by molar-refractivity contribution is -0.398. The summed E-state index contributed by atoms with van der Waals surface area (Å²) in [4.78, 5) is 0. The van der Waals surface area contributed by atoms with Gasteiger partial charge in [-0.1, -0.05) is 37.1 Å². The zero-order valence-corrected chi connectivity index (χ0v) is 49.5. The molecule has 84 heavy (non-hydrogen) atoms. The first-order valence-electron chi connectivity index (χ1n) is 29.6. The van der Waals surface area contributed by atoms with Crippen molar-refractivity contribution in [2.24, 2.45) is 34.5 Å². The highest BCUT2D eigenvalue weighted by atomic mass is 32.3. The molecule has 14 N–H and O–H groups in total. The fraction of sp³-hybridized carbons (Fsp3) is 0.929. The first-order chi connectivity index (χ1) is 39.3. The van der Waals surface area contributed by atoms with Gasteiger partial charge in [-0.15, -0.1) is 0 Å².